The highest BCUT2D eigenvalue weighted by Gasteiger charge is 2.26. The van der Waals surface area contributed by atoms with E-state index in [1.807, 2.05) is 30.3 Å². The van der Waals surface area contributed by atoms with Crippen LogP contribution in [0.1, 0.15) is 16.7 Å². The Kier molecular flexibility index (Phi) is 6.74. The minimum absolute atomic E-state index is 0.214. The Morgan fingerprint density at radius 1 is 0.938 bits per heavy atom. The first-order chi connectivity index (χ1) is 15.4. The zero-order valence-corrected chi connectivity index (χ0v) is 19.8. The van der Waals surface area contributed by atoms with Crippen molar-refractivity contribution in [3.05, 3.63) is 82.4 Å². The lowest BCUT2D eigenvalue weighted by Gasteiger charge is -2.14. The molecule has 168 valence electrons. The fourth-order valence-electron chi connectivity index (χ4n) is 3.89. The molecule has 3 aromatic carbocycles. The molecule has 1 N–H and O–H groups in total. The molecule has 1 unspecified atom stereocenters. The molecule has 0 aromatic heterocycles. The van der Waals surface area contributed by atoms with Gasteiger partial charge >= 0.3 is 0 Å². The van der Waals surface area contributed by atoms with E-state index in [0.29, 0.717) is 23.1 Å². The Morgan fingerprint density at radius 3 is 2.19 bits per heavy atom. The summed E-state index contributed by atoms with van der Waals surface area (Å²) in [6.07, 6.45) is 1.77. The summed E-state index contributed by atoms with van der Waals surface area (Å²) in [7, 11) is -0.0509. The number of hydrogen-bond acceptors (Lipinski definition) is 4. The molecule has 32 heavy (non-hydrogen) atoms. The molecule has 0 amide bonds. The Morgan fingerprint density at radius 2 is 1.56 bits per heavy atom. The van der Waals surface area contributed by atoms with Gasteiger partial charge in [-0.05, 0) is 65.2 Å². The van der Waals surface area contributed by atoms with Crippen LogP contribution < -0.4 is 14.4 Å². The highest BCUT2D eigenvalue weighted by Crippen LogP contribution is 2.33. The molecule has 1 aliphatic rings. The van der Waals surface area contributed by atoms with Crippen molar-refractivity contribution in [3.63, 3.8) is 0 Å². The number of hydrogen-bond donors (Lipinski definition) is 1. The van der Waals surface area contributed by atoms with Gasteiger partial charge < -0.3 is 14.4 Å². The van der Waals surface area contributed by atoms with Crippen LogP contribution in [0.5, 0.6) is 11.5 Å². The minimum Gasteiger partial charge on any atom is -0.495 e. The molecule has 0 spiro atoms. The molecule has 4 rings (SSSR count). The smallest absolute Gasteiger partial charge is 0.210 e. The summed E-state index contributed by atoms with van der Waals surface area (Å²) in [5, 5.41) is 0.671. The lowest BCUT2D eigenvalue weighted by Crippen LogP contribution is -3.09. The second-order valence-electron chi connectivity index (χ2n) is 8.12. The number of nitrogens with one attached hydrogen (secondary N) is 1. The first kappa shape index (κ1) is 22.6. The van der Waals surface area contributed by atoms with Crippen LogP contribution in [0.4, 0.5) is 0 Å². The summed E-state index contributed by atoms with van der Waals surface area (Å²) in [5.74, 6) is 0.991. The topological polar surface area (TPSA) is 57.0 Å². The lowest BCUT2D eigenvalue weighted by atomic mass is 10.0. The third-order valence-corrected chi connectivity index (χ3v) is 7.91. The standard InChI is InChI=1S/C25H26ClNO4S/c1-27-13-11-19-15-24(30-2)25(16-20(19)12-14-27)32(28,29)23-9-7-22(8-10-23)31-17-18-3-5-21(26)6-4-18/h3-10,15-16H,11-14,17H2,1-2H3/p+1. The maximum atomic E-state index is 13.4. The fraction of sp³-hybridized carbons (Fsp3) is 0.280. The van der Waals surface area contributed by atoms with Gasteiger partial charge in [-0.3, -0.25) is 0 Å². The summed E-state index contributed by atoms with van der Waals surface area (Å²) in [6, 6.07) is 17.6. The van der Waals surface area contributed by atoms with Crippen molar-refractivity contribution in [1.29, 1.82) is 0 Å². The molecular weight excluding hydrogens is 446 g/mol. The highest BCUT2D eigenvalue weighted by molar-refractivity contribution is 7.91. The molecule has 0 saturated carbocycles. The molecule has 0 saturated heterocycles. The summed E-state index contributed by atoms with van der Waals surface area (Å²) in [6.45, 7) is 2.39. The molecular formula is C25H27ClNO4S+. The largest absolute Gasteiger partial charge is 0.495 e. The van der Waals surface area contributed by atoms with Crippen molar-refractivity contribution in [2.75, 3.05) is 27.2 Å². The number of likely N-dealkylation sites (N-methyl/N-ethyl adjacent to an activating group) is 1. The number of quaternary nitrogens is 1. The first-order valence-electron chi connectivity index (χ1n) is 10.6. The number of halogens is 1. The van der Waals surface area contributed by atoms with Gasteiger partial charge in [0.15, 0.2) is 0 Å². The predicted molar refractivity (Wildman–Crippen MR) is 125 cm³/mol. The summed E-state index contributed by atoms with van der Waals surface area (Å²) >= 11 is 5.91. The van der Waals surface area contributed by atoms with E-state index in [4.69, 9.17) is 21.1 Å². The molecule has 0 aliphatic carbocycles. The normalized spacial score (nSPS) is 16.2. The van der Waals surface area contributed by atoms with Crippen molar-refractivity contribution in [2.24, 2.45) is 0 Å². The van der Waals surface area contributed by atoms with Crippen LogP contribution >= 0.6 is 11.6 Å². The maximum Gasteiger partial charge on any atom is 0.210 e. The van der Waals surface area contributed by atoms with Crippen LogP contribution in [0.2, 0.25) is 5.02 Å². The van der Waals surface area contributed by atoms with Crippen molar-refractivity contribution >= 4 is 21.4 Å². The van der Waals surface area contributed by atoms with Crippen LogP contribution in [-0.2, 0) is 29.3 Å². The van der Waals surface area contributed by atoms with E-state index in [0.717, 1.165) is 37.1 Å². The van der Waals surface area contributed by atoms with Crippen LogP contribution in [0.3, 0.4) is 0 Å². The monoisotopic (exact) mass is 472 g/mol. The molecule has 1 atom stereocenters. The zero-order valence-electron chi connectivity index (χ0n) is 18.2. The molecule has 0 radical (unpaired) electrons. The van der Waals surface area contributed by atoms with Crippen molar-refractivity contribution in [3.8, 4) is 11.5 Å². The lowest BCUT2D eigenvalue weighted by molar-refractivity contribution is -0.878. The van der Waals surface area contributed by atoms with Crippen LogP contribution in [-0.4, -0.2) is 35.7 Å². The van der Waals surface area contributed by atoms with Gasteiger partial charge in [-0.15, -0.1) is 0 Å². The average Bonchev–Trinajstić information content (AvgIpc) is 2.99. The van der Waals surface area contributed by atoms with Gasteiger partial charge in [-0.25, -0.2) is 8.42 Å². The first-order valence-corrected chi connectivity index (χ1v) is 12.5. The number of rotatable bonds is 6. The Labute approximate surface area is 194 Å². The SMILES string of the molecule is COc1cc2c(cc1S(=O)(=O)c1ccc(OCc3ccc(Cl)cc3)cc1)CC[NH+](C)CC2. The minimum atomic E-state index is -3.73. The fourth-order valence-corrected chi connectivity index (χ4v) is 5.47. The number of sulfone groups is 1. The van der Waals surface area contributed by atoms with Gasteiger partial charge in [0.05, 0.1) is 32.1 Å². The van der Waals surface area contributed by atoms with Crippen LogP contribution in [0, 0.1) is 0 Å². The van der Waals surface area contributed by atoms with E-state index in [2.05, 4.69) is 7.05 Å². The zero-order chi connectivity index (χ0) is 22.7. The van der Waals surface area contributed by atoms with Gasteiger partial charge in [-0.1, -0.05) is 23.7 Å². The Balaban J connectivity index is 1.57. The molecule has 1 heterocycles. The van der Waals surface area contributed by atoms with Crippen molar-refractivity contribution in [2.45, 2.75) is 29.2 Å². The van der Waals surface area contributed by atoms with E-state index in [1.54, 1.807) is 30.3 Å². The molecule has 3 aromatic rings. The number of methoxy groups -OCH3 is 1. The predicted octanol–water partition coefficient (Wildman–Crippen LogP) is 3.37. The van der Waals surface area contributed by atoms with E-state index in [-0.39, 0.29) is 9.79 Å². The average molecular weight is 473 g/mol. The highest BCUT2D eigenvalue weighted by atomic mass is 35.5. The third-order valence-electron chi connectivity index (χ3n) is 5.87. The van der Waals surface area contributed by atoms with Crippen molar-refractivity contribution in [1.82, 2.24) is 0 Å². The maximum absolute atomic E-state index is 13.4. The van der Waals surface area contributed by atoms with E-state index < -0.39 is 9.84 Å². The molecule has 5 nitrogen and oxygen atoms in total. The van der Waals surface area contributed by atoms with Crippen molar-refractivity contribution < 1.29 is 22.8 Å². The number of fused-ring (bicyclic) bond motifs is 1. The molecule has 0 fully saturated rings. The number of ether oxygens (including phenoxy) is 2. The van der Waals surface area contributed by atoms with E-state index >= 15 is 0 Å². The number of benzene rings is 3. The third kappa shape index (κ3) is 4.93. The summed E-state index contributed by atoms with van der Waals surface area (Å²) < 4.78 is 38.1. The quantitative estimate of drug-likeness (QED) is 0.597. The second kappa shape index (κ2) is 9.53. The molecule has 0 bridgehead atoms. The second-order valence-corrected chi connectivity index (χ2v) is 10.5. The van der Waals surface area contributed by atoms with Gasteiger partial charge in [0, 0.05) is 17.9 Å². The Bertz CT molecular complexity index is 1190. The van der Waals surface area contributed by atoms with Crippen LogP contribution in [0.15, 0.2) is 70.5 Å². The summed E-state index contributed by atoms with van der Waals surface area (Å²) in [4.78, 5) is 1.87. The Hall–Kier alpha value is -2.54. The van der Waals surface area contributed by atoms with Crippen LogP contribution in [0.25, 0.3) is 0 Å². The van der Waals surface area contributed by atoms with Gasteiger partial charge in [-0.2, -0.15) is 0 Å². The van der Waals surface area contributed by atoms with Gasteiger partial charge in [0.2, 0.25) is 9.84 Å². The van der Waals surface area contributed by atoms with E-state index in [9.17, 15) is 8.42 Å². The molecule has 1 aliphatic heterocycles. The van der Waals surface area contributed by atoms with E-state index in [1.165, 1.54) is 17.6 Å². The molecule has 7 heteroatoms. The van der Waals surface area contributed by atoms with Gasteiger partial charge in [0.1, 0.15) is 23.0 Å². The van der Waals surface area contributed by atoms with Gasteiger partial charge in [0.25, 0.3) is 0 Å². The summed E-state index contributed by atoms with van der Waals surface area (Å²) in [5.41, 5.74) is 3.24.